The molecule has 9 aromatic rings. The standard InChI is InChI=1S/C49H31NO/c1-2-13-32(14-3-1)33-25-27-34(28-26-33)50(45-22-12-24-47-48(45)39-18-7-11-23-46(39)51-47)35-29-30-44-40(31-35)38-17-6-10-21-43(38)49(44)41-19-8-4-15-36(41)37-16-5-9-20-42(37)49/h1-31H. The Bertz CT molecular complexity index is 2760. The van der Waals surface area contributed by atoms with Crippen LogP contribution in [0.15, 0.2) is 192 Å². The molecule has 0 aliphatic heterocycles. The van der Waals surface area contributed by atoms with Crippen LogP contribution in [0.1, 0.15) is 22.3 Å². The highest BCUT2D eigenvalue weighted by Gasteiger charge is 2.51. The van der Waals surface area contributed by atoms with E-state index in [1.165, 1.54) is 55.6 Å². The zero-order valence-corrected chi connectivity index (χ0v) is 27.8. The molecule has 0 N–H and O–H groups in total. The van der Waals surface area contributed by atoms with Crippen LogP contribution in [0.4, 0.5) is 17.1 Å². The van der Waals surface area contributed by atoms with Gasteiger partial charge in [-0.25, -0.2) is 0 Å². The maximum absolute atomic E-state index is 6.42. The first-order valence-electron chi connectivity index (χ1n) is 17.6. The van der Waals surface area contributed by atoms with Crippen molar-refractivity contribution in [3.63, 3.8) is 0 Å². The van der Waals surface area contributed by atoms with E-state index in [4.69, 9.17) is 4.42 Å². The molecule has 8 aromatic carbocycles. The summed E-state index contributed by atoms with van der Waals surface area (Å²) in [5.74, 6) is 0. The molecule has 2 heteroatoms. The molecule has 0 saturated heterocycles. The number of hydrogen-bond donors (Lipinski definition) is 0. The lowest BCUT2D eigenvalue weighted by atomic mass is 9.70. The third-order valence-corrected chi connectivity index (χ3v) is 11.1. The average molecular weight is 650 g/mol. The van der Waals surface area contributed by atoms with Crippen molar-refractivity contribution in [2.45, 2.75) is 5.41 Å². The van der Waals surface area contributed by atoms with Crippen molar-refractivity contribution in [1.82, 2.24) is 0 Å². The summed E-state index contributed by atoms with van der Waals surface area (Å²) in [6.45, 7) is 0. The zero-order valence-electron chi connectivity index (χ0n) is 27.8. The number of nitrogens with zero attached hydrogens (tertiary/aromatic N) is 1. The summed E-state index contributed by atoms with van der Waals surface area (Å²) in [6, 6.07) is 68.4. The second kappa shape index (κ2) is 10.7. The Morgan fingerprint density at radius 2 is 0.902 bits per heavy atom. The van der Waals surface area contributed by atoms with Gasteiger partial charge in [-0.2, -0.15) is 0 Å². The minimum Gasteiger partial charge on any atom is -0.456 e. The molecule has 1 spiro atoms. The van der Waals surface area contributed by atoms with Gasteiger partial charge < -0.3 is 9.32 Å². The van der Waals surface area contributed by atoms with E-state index in [9.17, 15) is 0 Å². The summed E-state index contributed by atoms with van der Waals surface area (Å²) in [5.41, 5.74) is 17.6. The first-order valence-corrected chi connectivity index (χ1v) is 17.6. The van der Waals surface area contributed by atoms with Crippen molar-refractivity contribution < 1.29 is 4.42 Å². The number of hydrogen-bond acceptors (Lipinski definition) is 2. The van der Waals surface area contributed by atoms with Gasteiger partial charge >= 0.3 is 0 Å². The van der Waals surface area contributed by atoms with E-state index in [-0.39, 0.29) is 5.41 Å². The molecule has 0 radical (unpaired) electrons. The number of benzene rings is 8. The lowest BCUT2D eigenvalue weighted by molar-refractivity contribution is 0.669. The molecule has 2 aliphatic rings. The number of fused-ring (bicyclic) bond motifs is 13. The van der Waals surface area contributed by atoms with Crippen LogP contribution in [0.2, 0.25) is 0 Å². The monoisotopic (exact) mass is 649 g/mol. The first-order chi connectivity index (χ1) is 25.3. The van der Waals surface area contributed by atoms with Crippen LogP contribution in [-0.4, -0.2) is 0 Å². The van der Waals surface area contributed by atoms with Gasteiger partial charge in [0.25, 0.3) is 0 Å². The molecule has 0 atom stereocenters. The average Bonchev–Trinajstić information content (AvgIpc) is 3.83. The third-order valence-electron chi connectivity index (χ3n) is 11.1. The molecule has 1 aromatic heterocycles. The van der Waals surface area contributed by atoms with Crippen molar-refractivity contribution in [2.75, 3.05) is 4.90 Å². The van der Waals surface area contributed by atoms with Crippen molar-refractivity contribution in [2.24, 2.45) is 0 Å². The van der Waals surface area contributed by atoms with E-state index < -0.39 is 0 Å². The van der Waals surface area contributed by atoms with Crippen LogP contribution in [0.3, 0.4) is 0 Å². The normalized spacial score (nSPS) is 13.3. The number of rotatable bonds is 4. The molecule has 1 heterocycles. The second-order valence-corrected chi connectivity index (χ2v) is 13.6. The fraction of sp³-hybridized carbons (Fsp3) is 0.0204. The molecule has 2 nitrogen and oxygen atoms in total. The Morgan fingerprint density at radius 3 is 1.61 bits per heavy atom. The summed E-state index contributed by atoms with van der Waals surface area (Å²) < 4.78 is 6.42. The minimum absolute atomic E-state index is 0.374. The van der Waals surface area contributed by atoms with Crippen LogP contribution in [0, 0.1) is 0 Å². The summed E-state index contributed by atoms with van der Waals surface area (Å²) >= 11 is 0. The number of furan rings is 1. The third kappa shape index (κ3) is 3.87. The molecule has 11 rings (SSSR count). The van der Waals surface area contributed by atoms with Gasteiger partial charge in [0, 0.05) is 16.8 Å². The highest BCUT2D eigenvalue weighted by Crippen LogP contribution is 2.63. The van der Waals surface area contributed by atoms with E-state index >= 15 is 0 Å². The SMILES string of the molecule is c1ccc(-c2ccc(N(c3ccc4c(c3)-c3ccccc3C43c4ccccc4-c4ccccc43)c3cccc4oc5ccccc5c34)cc2)cc1. The first kappa shape index (κ1) is 28.2. The van der Waals surface area contributed by atoms with Crippen molar-refractivity contribution in [1.29, 1.82) is 0 Å². The van der Waals surface area contributed by atoms with Gasteiger partial charge in [-0.1, -0.05) is 146 Å². The Balaban J connectivity index is 1.17. The van der Waals surface area contributed by atoms with Crippen molar-refractivity contribution >= 4 is 39.0 Å². The lowest BCUT2D eigenvalue weighted by Gasteiger charge is -2.31. The van der Waals surface area contributed by atoms with Gasteiger partial charge in [-0.05, 0) is 98.1 Å². The Morgan fingerprint density at radius 1 is 0.373 bits per heavy atom. The van der Waals surface area contributed by atoms with E-state index in [0.717, 1.165) is 39.0 Å². The lowest BCUT2D eigenvalue weighted by Crippen LogP contribution is -2.25. The Labute approximate surface area is 296 Å². The van der Waals surface area contributed by atoms with Crippen molar-refractivity contribution in [3.05, 3.63) is 210 Å². The quantitative estimate of drug-likeness (QED) is 0.189. The molecule has 0 amide bonds. The summed E-state index contributed by atoms with van der Waals surface area (Å²) in [4.78, 5) is 2.41. The van der Waals surface area contributed by atoms with Gasteiger partial charge in [0.2, 0.25) is 0 Å². The molecule has 0 saturated carbocycles. The molecular weight excluding hydrogens is 619 g/mol. The Kier molecular flexibility index (Phi) is 5.91. The van der Waals surface area contributed by atoms with E-state index in [1.54, 1.807) is 0 Å². The molecule has 238 valence electrons. The van der Waals surface area contributed by atoms with E-state index in [0.29, 0.717) is 0 Å². The van der Waals surface area contributed by atoms with Gasteiger partial charge in [-0.15, -0.1) is 0 Å². The molecule has 2 aliphatic carbocycles. The maximum Gasteiger partial charge on any atom is 0.137 e. The highest BCUT2D eigenvalue weighted by molar-refractivity contribution is 6.13. The van der Waals surface area contributed by atoms with Crippen LogP contribution in [-0.2, 0) is 5.41 Å². The molecule has 0 unspecified atom stereocenters. The second-order valence-electron chi connectivity index (χ2n) is 13.6. The van der Waals surface area contributed by atoms with Gasteiger partial charge in [0.1, 0.15) is 11.2 Å². The largest absolute Gasteiger partial charge is 0.456 e. The Hall–Kier alpha value is -6.64. The minimum atomic E-state index is -0.374. The van der Waals surface area contributed by atoms with Crippen LogP contribution >= 0.6 is 0 Å². The molecular formula is C49H31NO. The smallest absolute Gasteiger partial charge is 0.137 e. The van der Waals surface area contributed by atoms with Gasteiger partial charge in [-0.3, -0.25) is 0 Å². The van der Waals surface area contributed by atoms with Crippen molar-refractivity contribution in [3.8, 4) is 33.4 Å². The molecule has 0 bridgehead atoms. The number of anilines is 3. The van der Waals surface area contributed by atoms with Crippen LogP contribution in [0.25, 0.3) is 55.3 Å². The van der Waals surface area contributed by atoms with E-state index in [1.807, 2.05) is 6.07 Å². The summed E-state index contributed by atoms with van der Waals surface area (Å²) in [5, 5.41) is 2.22. The maximum atomic E-state index is 6.42. The van der Waals surface area contributed by atoms with Gasteiger partial charge in [0.15, 0.2) is 0 Å². The summed E-state index contributed by atoms with van der Waals surface area (Å²) in [6.07, 6.45) is 0. The fourth-order valence-corrected chi connectivity index (χ4v) is 9.03. The highest BCUT2D eigenvalue weighted by atomic mass is 16.3. The van der Waals surface area contributed by atoms with Crippen LogP contribution < -0.4 is 4.90 Å². The molecule has 51 heavy (non-hydrogen) atoms. The van der Waals surface area contributed by atoms with Crippen LogP contribution in [0.5, 0.6) is 0 Å². The fourth-order valence-electron chi connectivity index (χ4n) is 9.03. The summed E-state index contributed by atoms with van der Waals surface area (Å²) in [7, 11) is 0. The number of para-hydroxylation sites is 1. The molecule has 0 fully saturated rings. The zero-order chi connectivity index (χ0) is 33.5. The predicted molar refractivity (Wildman–Crippen MR) is 210 cm³/mol. The van der Waals surface area contributed by atoms with Gasteiger partial charge in [0.05, 0.1) is 16.5 Å². The topological polar surface area (TPSA) is 16.4 Å². The predicted octanol–water partition coefficient (Wildman–Crippen LogP) is 13.1. The van der Waals surface area contributed by atoms with E-state index in [2.05, 4.69) is 187 Å².